The lowest BCUT2D eigenvalue weighted by Crippen LogP contribution is -2.62. The molecule has 0 bridgehead atoms. The fourth-order valence-electron chi connectivity index (χ4n) is 11.1. The van der Waals surface area contributed by atoms with Crippen molar-refractivity contribution in [1.29, 1.82) is 0 Å². The molecule has 0 unspecified atom stereocenters. The first-order valence-corrected chi connectivity index (χ1v) is 26.1. The van der Waals surface area contributed by atoms with Crippen LogP contribution in [0.2, 0.25) is 0 Å². The Morgan fingerprint density at radius 1 is 0.851 bits per heavy atom. The van der Waals surface area contributed by atoms with E-state index in [-0.39, 0.29) is 37.2 Å². The number of carboxylic acids is 1. The highest BCUT2D eigenvalue weighted by Gasteiger charge is 2.54. The molecule has 3 aliphatic rings. The van der Waals surface area contributed by atoms with Crippen molar-refractivity contribution in [3.05, 3.63) is 71.8 Å². The summed E-state index contributed by atoms with van der Waals surface area (Å²) in [7, 11) is 8.90. The molecule has 3 aliphatic heterocycles. The van der Waals surface area contributed by atoms with Crippen LogP contribution in [-0.2, 0) is 47.4 Å². The molecule has 5 rings (SSSR count). The van der Waals surface area contributed by atoms with Gasteiger partial charge in [0.1, 0.15) is 11.2 Å². The molecule has 0 saturated carbocycles. The highest BCUT2D eigenvalue weighted by molar-refractivity contribution is 5.90. The number of aliphatic hydroxyl groups excluding tert-OH is 1. The van der Waals surface area contributed by atoms with Gasteiger partial charge in [0.15, 0.2) is 24.8 Å². The molecule has 416 valence electrons. The Morgan fingerprint density at radius 3 is 1.92 bits per heavy atom. The summed E-state index contributed by atoms with van der Waals surface area (Å²) in [6.07, 6.45) is -5.55. The van der Waals surface area contributed by atoms with Crippen LogP contribution >= 0.6 is 0 Å². The minimum absolute atomic E-state index is 0.0694. The van der Waals surface area contributed by atoms with Crippen LogP contribution in [0.5, 0.6) is 0 Å². The number of benzene rings is 2. The van der Waals surface area contributed by atoms with E-state index in [0.29, 0.717) is 56.4 Å². The smallest absolute Gasteiger partial charge is 0.410 e. The van der Waals surface area contributed by atoms with Crippen molar-refractivity contribution in [1.82, 2.24) is 14.7 Å². The van der Waals surface area contributed by atoms with Gasteiger partial charge in [0.2, 0.25) is 0 Å². The Morgan fingerprint density at radius 2 is 1.42 bits per heavy atom. The first-order valence-electron chi connectivity index (χ1n) is 26.1. The number of likely N-dealkylation sites (N-methyl/N-ethyl adjacent to an activating group) is 2. The van der Waals surface area contributed by atoms with Crippen LogP contribution in [0.15, 0.2) is 60.7 Å². The summed E-state index contributed by atoms with van der Waals surface area (Å²) in [6.45, 7) is 19.6. The van der Waals surface area contributed by atoms with Gasteiger partial charge in [0, 0.05) is 51.7 Å². The van der Waals surface area contributed by atoms with E-state index < -0.39 is 95.2 Å². The van der Waals surface area contributed by atoms with Gasteiger partial charge in [-0.3, -0.25) is 9.69 Å². The predicted octanol–water partition coefficient (Wildman–Crippen LogP) is 7.30. The second kappa shape index (κ2) is 25.7. The molecule has 14 atom stereocenters. The number of hydrogen-bond acceptors (Lipinski definition) is 16. The molecule has 1 amide bonds. The van der Waals surface area contributed by atoms with E-state index in [2.05, 4.69) is 11.8 Å². The van der Waals surface area contributed by atoms with Gasteiger partial charge in [0.25, 0.3) is 0 Å². The van der Waals surface area contributed by atoms with Gasteiger partial charge in [-0.2, -0.15) is 0 Å². The number of aliphatic carboxylic acids is 1. The van der Waals surface area contributed by atoms with Gasteiger partial charge < -0.3 is 62.6 Å². The van der Waals surface area contributed by atoms with Gasteiger partial charge in [0.05, 0.1) is 59.7 Å². The third-order valence-electron chi connectivity index (χ3n) is 15.5. The number of piperidine rings is 1. The van der Waals surface area contributed by atoms with Crippen molar-refractivity contribution in [2.75, 3.05) is 61.6 Å². The van der Waals surface area contributed by atoms with Crippen LogP contribution in [0.1, 0.15) is 122 Å². The van der Waals surface area contributed by atoms with E-state index in [1.807, 2.05) is 86.6 Å². The summed E-state index contributed by atoms with van der Waals surface area (Å²) in [5.41, 5.74) is -2.85. The topological polar surface area (TPSA) is 202 Å². The fraction of sp³-hybridized carbons (Fsp3) is 0.714. The van der Waals surface area contributed by atoms with Crippen LogP contribution in [0.25, 0.3) is 0 Å². The maximum absolute atomic E-state index is 13.9. The van der Waals surface area contributed by atoms with E-state index in [0.717, 1.165) is 0 Å². The quantitative estimate of drug-likeness (QED) is 0.0878. The maximum Gasteiger partial charge on any atom is 0.410 e. The average Bonchev–Trinajstić information content (AvgIpc) is 3.35. The highest BCUT2D eigenvalue weighted by atomic mass is 16.7. The minimum Gasteiger partial charge on any atom is -0.481 e. The minimum atomic E-state index is -1.20. The summed E-state index contributed by atoms with van der Waals surface area (Å²) in [5.74, 6) is -4.28. The molecule has 3 fully saturated rings. The van der Waals surface area contributed by atoms with Crippen LogP contribution in [-0.4, -0.2) is 188 Å². The average molecular weight is 1040 g/mol. The Kier molecular flexibility index (Phi) is 21.1. The van der Waals surface area contributed by atoms with Crippen LogP contribution in [0.4, 0.5) is 4.79 Å². The van der Waals surface area contributed by atoms with Crippen LogP contribution < -0.4 is 0 Å². The Hall–Kier alpha value is -4.24. The molecule has 2 N–H and O–H groups in total. The number of likely N-dealkylation sites (tertiary alicyclic amines) is 1. The second-order valence-electron chi connectivity index (χ2n) is 22.7. The fourth-order valence-corrected chi connectivity index (χ4v) is 11.1. The third-order valence-corrected chi connectivity index (χ3v) is 15.5. The van der Waals surface area contributed by atoms with Gasteiger partial charge in [-0.15, -0.1) is 0 Å². The largest absolute Gasteiger partial charge is 0.481 e. The summed E-state index contributed by atoms with van der Waals surface area (Å²) >= 11 is 0. The molecular formula is C56H87N3O15. The monoisotopic (exact) mass is 1040 g/mol. The standard InChI is InChI=1S/C56H87N3O15/c1-35(33-58(13)56(34-60)26-28-59(29-27-56)52(65)74-53(6,7)8)31-54(9,66-14)46(73-51-45(42(57(11)12)30-36(2)68-51)71-49(63)40-22-18-16-19-23-40)37(3)44(38(4)48(61)62)70-43-32-55(10,67-15)47(39(5)69-43)72-50(64)41-24-20-17-21-25-41/h16-25,35-39,42-47,51,60H,26-34H2,1-15H3,(H,61,62)/t35-,36-,37+,38-,39+,42+,43+,44+,45-,46-,47+,51+,54-,55-/m1/s1. The van der Waals surface area contributed by atoms with Crippen molar-refractivity contribution < 1.29 is 72.0 Å². The number of aliphatic hydroxyl groups is 1. The lowest BCUT2D eigenvalue weighted by atomic mass is 9.77. The second-order valence-corrected chi connectivity index (χ2v) is 22.7. The van der Waals surface area contributed by atoms with Crippen LogP contribution in [0.3, 0.4) is 0 Å². The molecule has 0 spiro atoms. The molecule has 74 heavy (non-hydrogen) atoms. The Balaban J connectivity index is 1.50. The SMILES string of the molecule is CO[C@](C)(C[C@@H](C)CN(C)C1(CO)CCN(C(=O)OC(C)(C)C)CC1)[C@H](O[C@@H]1O[C@H](C)C[C@H](N(C)C)[C@H]1OC(=O)c1ccccc1)[C@@H](C)[C@H](O[C@H]1C[C@@](C)(OC)[C@@H](OC(=O)c2ccccc2)[C@H](C)O1)[C@@H](C)C(=O)O. The molecular weight excluding hydrogens is 955 g/mol. The van der Waals surface area contributed by atoms with Gasteiger partial charge in [-0.05, 0) is 132 Å². The number of ether oxygens (including phenoxy) is 9. The maximum atomic E-state index is 13.9. The van der Waals surface area contributed by atoms with Gasteiger partial charge in [-0.25, -0.2) is 14.4 Å². The molecule has 2 aromatic carbocycles. The molecule has 2 aromatic rings. The van der Waals surface area contributed by atoms with Crippen molar-refractivity contribution >= 4 is 24.0 Å². The van der Waals surface area contributed by atoms with Crippen molar-refractivity contribution in [2.45, 2.75) is 179 Å². The molecule has 18 nitrogen and oxygen atoms in total. The molecule has 18 heteroatoms. The van der Waals surface area contributed by atoms with E-state index in [4.69, 9.17) is 42.6 Å². The Bertz CT molecular complexity index is 2120. The van der Waals surface area contributed by atoms with E-state index in [9.17, 15) is 29.4 Å². The van der Waals surface area contributed by atoms with E-state index in [1.165, 1.54) is 7.11 Å². The zero-order chi connectivity index (χ0) is 54.9. The van der Waals surface area contributed by atoms with Crippen LogP contribution in [0, 0.1) is 17.8 Å². The summed E-state index contributed by atoms with van der Waals surface area (Å²) in [6, 6.07) is 17.0. The number of nitrogens with zero attached hydrogens (tertiary/aromatic N) is 3. The number of methoxy groups -OCH3 is 2. The van der Waals surface area contributed by atoms with E-state index >= 15 is 0 Å². The predicted molar refractivity (Wildman–Crippen MR) is 276 cm³/mol. The lowest BCUT2D eigenvalue weighted by Gasteiger charge is -2.50. The number of carbonyl (C=O) groups is 4. The number of hydrogen-bond donors (Lipinski definition) is 2. The molecule has 0 aromatic heterocycles. The molecule has 0 radical (unpaired) electrons. The number of carbonyl (C=O) groups excluding carboxylic acids is 3. The lowest BCUT2D eigenvalue weighted by molar-refractivity contribution is -0.318. The number of rotatable bonds is 22. The van der Waals surface area contributed by atoms with Crippen molar-refractivity contribution in [3.63, 3.8) is 0 Å². The zero-order valence-corrected chi connectivity index (χ0v) is 46.6. The first-order chi connectivity index (χ1) is 34.7. The van der Waals surface area contributed by atoms with Crippen molar-refractivity contribution in [3.8, 4) is 0 Å². The van der Waals surface area contributed by atoms with E-state index in [1.54, 1.807) is 74.4 Å². The first kappa shape index (κ1) is 60.6. The molecule has 3 saturated heterocycles. The van der Waals surface area contributed by atoms with Crippen molar-refractivity contribution in [2.24, 2.45) is 17.8 Å². The molecule has 3 heterocycles. The highest BCUT2D eigenvalue weighted by Crippen LogP contribution is 2.42. The molecule has 0 aliphatic carbocycles. The number of esters is 2. The summed E-state index contributed by atoms with van der Waals surface area (Å²) < 4.78 is 58.0. The van der Waals surface area contributed by atoms with Gasteiger partial charge >= 0.3 is 24.0 Å². The third kappa shape index (κ3) is 15.0. The zero-order valence-electron chi connectivity index (χ0n) is 46.6. The summed E-state index contributed by atoms with van der Waals surface area (Å²) in [5, 5.41) is 21.8. The number of carboxylic acid groups (broad SMARTS) is 1. The van der Waals surface area contributed by atoms with Gasteiger partial charge in [-0.1, -0.05) is 50.2 Å². The summed E-state index contributed by atoms with van der Waals surface area (Å²) in [4.78, 5) is 59.3. The Labute approximate surface area is 439 Å². The number of amides is 1. The normalized spacial score (nSPS) is 28.3.